The molecule has 0 bridgehead atoms. The Morgan fingerprint density at radius 2 is 1.85 bits per heavy atom. The monoisotopic (exact) mass is 478 g/mol. The van der Waals surface area contributed by atoms with E-state index < -0.39 is 0 Å². The van der Waals surface area contributed by atoms with E-state index in [2.05, 4.69) is 15.6 Å². The van der Waals surface area contributed by atoms with Gasteiger partial charge in [-0.1, -0.05) is 13.8 Å². The quantitative estimate of drug-likeness (QED) is 0.259. The Balaban J connectivity index is 0.00000625. The minimum atomic E-state index is -0.00970. The third kappa shape index (κ3) is 7.67. The maximum Gasteiger partial charge on any atom is 0.222 e. The highest BCUT2D eigenvalue weighted by molar-refractivity contribution is 14.0. The molecule has 148 valence electrons. The topological polar surface area (TPSA) is 75.2 Å². The number of amides is 1. The highest BCUT2D eigenvalue weighted by atomic mass is 127. The number of guanidine groups is 1. The molecular weight excluding hydrogens is 447 g/mol. The third-order valence-electron chi connectivity index (χ3n) is 3.71. The van der Waals surface area contributed by atoms with E-state index in [1.807, 2.05) is 44.0 Å². The van der Waals surface area contributed by atoms with Crippen molar-refractivity contribution in [1.82, 2.24) is 15.5 Å². The Hall–Kier alpha value is -1.71. The van der Waals surface area contributed by atoms with Crippen LogP contribution >= 0.6 is 24.0 Å². The minimum Gasteiger partial charge on any atom is -0.497 e. The molecule has 0 aliphatic rings. The van der Waals surface area contributed by atoms with Crippen molar-refractivity contribution in [3.63, 3.8) is 0 Å². The molecule has 1 amide bonds. The van der Waals surface area contributed by atoms with Gasteiger partial charge in [-0.2, -0.15) is 0 Å². The molecule has 26 heavy (non-hydrogen) atoms. The molecule has 1 aromatic carbocycles. The van der Waals surface area contributed by atoms with E-state index in [0.717, 1.165) is 23.0 Å². The molecule has 7 nitrogen and oxygen atoms in total. The molecule has 0 fully saturated rings. The van der Waals surface area contributed by atoms with Gasteiger partial charge in [0.15, 0.2) is 5.96 Å². The number of carbonyl (C=O) groups is 1. The lowest BCUT2D eigenvalue weighted by molar-refractivity contribution is -0.123. The first-order chi connectivity index (χ1) is 11.9. The van der Waals surface area contributed by atoms with Crippen LogP contribution in [0.25, 0.3) is 0 Å². The number of methoxy groups -OCH3 is 2. The van der Waals surface area contributed by atoms with Crippen LogP contribution in [0.2, 0.25) is 0 Å². The number of hydrogen-bond donors (Lipinski definition) is 2. The molecule has 1 aromatic rings. The van der Waals surface area contributed by atoms with Crippen LogP contribution in [0.4, 0.5) is 0 Å². The molecule has 0 saturated heterocycles. The van der Waals surface area contributed by atoms with Gasteiger partial charge in [0.1, 0.15) is 11.5 Å². The first kappa shape index (κ1) is 24.3. The van der Waals surface area contributed by atoms with Crippen LogP contribution in [0.5, 0.6) is 11.5 Å². The molecule has 2 N–H and O–H groups in total. The molecule has 0 spiro atoms. The smallest absolute Gasteiger partial charge is 0.222 e. The second-order valence-corrected chi connectivity index (χ2v) is 5.95. The zero-order valence-corrected chi connectivity index (χ0v) is 18.8. The normalized spacial score (nSPS) is 10.8. The van der Waals surface area contributed by atoms with Gasteiger partial charge in [0, 0.05) is 51.3 Å². The highest BCUT2D eigenvalue weighted by Gasteiger charge is 2.11. The summed E-state index contributed by atoms with van der Waals surface area (Å²) in [6, 6.07) is 5.74. The SMILES string of the molecule is CN=C(NCCNC(=O)C(C)C)N(C)Cc1ccc(OC)cc1OC.I. The first-order valence-electron chi connectivity index (χ1n) is 8.33. The van der Waals surface area contributed by atoms with Crippen molar-refractivity contribution in [3.8, 4) is 11.5 Å². The molecule has 0 aromatic heterocycles. The Morgan fingerprint density at radius 3 is 2.38 bits per heavy atom. The number of carbonyl (C=O) groups excluding carboxylic acids is 1. The van der Waals surface area contributed by atoms with Crippen molar-refractivity contribution in [2.75, 3.05) is 41.4 Å². The summed E-state index contributed by atoms with van der Waals surface area (Å²) >= 11 is 0. The van der Waals surface area contributed by atoms with Crippen LogP contribution in [0.3, 0.4) is 0 Å². The predicted octanol–water partition coefficient (Wildman–Crippen LogP) is 2.10. The second-order valence-electron chi connectivity index (χ2n) is 5.95. The van der Waals surface area contributed by atoms with E-state index in [0.29, 0.717) is 19.6 Å². The molecule has 0 saturated carbocycles. The zero-order chi connectivity index (χ0) is 18.8. The van der Waals surface area contributed by atoms with E-state index in [4.69, 9.17) is 9.47 Å². The van der Waals surface area contributed by atoms with Crippen molar-refractivity contribution in [1.29, 1.82) is 0 Å². The number of hydrogen-bond acceptors (Lipinski definition) is 4. The maximum absolute atomic E-state index is 11.6. The van der Waals surface area contributed by atoms with Crippen LogP contribution in [-0.2, 0) is 11.3 Å². The Labute approximate surface area is 173 Å². The fourth-order valence-electron chi connectivity index (χ4n) is 2.26. The maximum atomic E-state index is 11.6. The molecule has 1 rings (SSSR count). The van der Waals surface area contributed by atoms with Crippen LogP contribution in [0.1, 0.15) is 19.4 Å². The summed E-state index contributed by atoms with van der Waals surface area (Å²) < 4.78 is 10.7. The number of halogens is 1. The number of nitrogens with zero attached hydrogens (tertiary/aromatic N) is 2. The number of nitrogens with one attached hydrogen (secondary N) is 2. The van der Waals surface area contributed by atoms with E-state index >= 15 is 0 Å². The van der Waals surface area contributed by atoms with Gasteiger partial charge in [0.2, 0.25) is 5.91 Å². The molecule has 0 aliphatic heterocycles. The Kier molecular flexibility index (Phi) is 11.8. The largest absolute Gasteiger partial charge is 0.497 e. The van der Waals surface area contributed by atoms with E-state index in [1.54, 1.807) is 21.3 Å². The standard InChI is InChI=1S/C18H30N4O3.HI/c1-13(2)17(23)20-9-10-21-18(19-3)22(4)12-14-7-8-15(24-5)11-16(14)25-6;/h7-8,11,13H,9-10,12H2,1-6H3,(H,19,21)(H,20,23);1H. The zero-order valence-electron chi connectivity index (χ0n) is 16.5. The minimum absolute atomic E-state index is 0. The van der Waals surface area contributed by atoms with Crippen molar-refractivity contribution < 1.29 is 14.3 Å². The van der Waals surface area contributed by atoms with Gasteiger partial charge in [-0.25, -0.2) is 0 Å². The van der Waals surface area contributed by atoms with Crippen LogP contribution in [-0.4, -0.2) is 58.2 Å². The van der Waals surface area contributed by atoms with Gasteiger partial charge in [-0.3, -0.25) is 9.79 Å². The van der Waals surface area contributed by atoms with E-state index in [1.165, 1.54) is 0 Å². The summed E-state index contributed by atoms with van der Waals surface area (Å²) in [5, 5.41) is 6.11. The van der Waals surface area contributed by atoms with Crippen molar-refractivity contribution >= 4 is 35.8 Å². The predicted molar refractivity (Wildman–Crippen MR) is 116 cm³/mol. The van der Waals surface area contributed by atoms with Crippen LogP contribution < -0.4 is 20.1 Å². The second kappa shape index (κ2) is 12.6. The summed E-state index contributed by atoms with van der Waals surface area (Å²) in [6.07, 6.45) is 0. The lowest BCUT2D eigenvalue weighted by Gasteiger charge is -2.23. The summed E-state index contributed by atoms with van der Waals surface area (Å²) in [5.74, 6) is 2.31. The van der Waals surface area contributed by atoms with Crippen LogP contribution in [0, 0.1) is 5.92 Å². The third-order valence-corrected chi connectivity index (χ3v) is 3.71. The molecular formula is C18H31IN4O3. The summed E-state index contributed by atoms with van der Waals surface area (Å²) in [6.45, 7) is 5.53. The lowest BCUT2D eigenvalue weighted by atomic mass is 10.2. The van der Waals surface area contributed by atoms with Gasteiger partial charge < -0.3 is 25.0 Å². The number of aliphatic imine (C=N–C) groups is 1. The van der Waals surface area contributed by atoms with Crippen LogP contribution in [0.15, 0.2) is 23.2 Å². The molecule has 0 atom stereocenters. The molecule has 0 heterocycles. The summed E-state index contributed by atoms with van der Waals surface area (Å²) in [7, 11) is 6.95. The molecule has 0 unspecified atom stereocenters. The fourth-order valence-corrected chi connectivity index (χ4v) is 2.26. The van der Waals surface area contributed by atoms with Crippen molar-refractivity contribution in [3.05, 3.63) is 23.8 Å². The highest BCUT2D eigenvalue weighted by Crippen LogP contribution is 2.25. The summed E-state index contributed by atoms with van der Waals surface area (Å²) in [4.78, 5) is 17.8. The number of benzene rings is 1. The Morgan fingerprint density at radius 1 is 1.19 bits per heavy atom. The average molecular weight is 478 g/mol. The molecule has 0 aliphatic carbocycles. The van der Waals surface area contributed by atoms with Gasteiger partial charge in [-0.05, 0) is 12.1 Å². The fraction of sp³-hybridized carbons (Fsp3) is 0.556. The van der Waals surface area contributed by atoms with Crippen molar-refractivity contribution in [2.24, 2.45) is 10.9 Å². The first-order valence-corrected chi connectivity index (χ1v) is 8.33. The number of rotatable bonds is 8. The lowest BCUT2D eigenvalue weighted by Crippen LogP contribution is -2.42. The van der Waals surface area contributed by atoms with Gasteiger partial charge in [0.25, 0.3) is 0 Å². The number of ether oxygens (including phenoxy) is 2. The van der Waals surface area contributed by atoms with E-state index in [9.17, 15) is 4.79 Å². The molecule has 8 heteroatoms. The van der Waals surface area contributed by atoms with Gasteiger partial charge in [0.05, 0.1) is 14.2 Å². The molecule has 0 radical (unpaired) electrons. The summed E-state index contributed by atoms with van der Waals surface area (Å²) in [5.41, 5.74) is 1.03. The van der Waals surface area contributed by atoms with Crippen molar-refractivity contribution in [2.45, 2.75) is 20.4 Å². The Bertz CT molecular complexity index is 594. The van der Waals surface area contributed by atoms with Gasteiger partial charge >= 0.3 is 0 Å². The van der Waals surface area contributed by atoms with E-state index in [-0.39, 0.29) is 35.8 Å². The average Bonchev–Trinajstić information content (AvgIpc) is 2.61. The van der Waals surface area contributed by atoms with Gasteiger partial charge in [-0.15, -0.1) is 24.0 Å².